The highest BCUT2D eigenvalue weighted by molar-refractivity contribution is 5.68. The molecular weight excluding hydrogens is 350 g/mol. The lowest BCUT2D eigenvalue weighted by Crippen LogP contribution is -2.41. The Balaban J connectivity index is 2.40. The molecule has 4 atom stereocenters. The first-order valence-corrected chi connectivity index (χ1v) is 7.73. The first-order chi connectivity index (χ1) is 12.2. The van der Waals surface area contributed by atoms with Gasteiger partial charge < -0.3 is 24.1 Å². The van der Waals surface area contributed by atoms with E-state index in [1.54, 1.807) is 0 Å². The van der Waals surface area contributed by atoms with Crippen LogP contribution in [0.1, 0.15) is 27.0 Å². The molecule has 142 valence electrons. The summed E-state index contributed by atoms with van der Waals surface area (Å²) in [4.78, 5) is 46.2. The SMILES string of the molecule is CC(=O)OC[C@@H]1O[C@@H](n2ccc(O)cc2=O)[C@@H](OC(C)=O)[C@H]1OC(C)=O. The van der Waals surface area contributed by atoms with Crippen molar-refractivity contribution in [2.45, 2.75) is 45.3 Å². The van der Waals surface area contributed by atoms with Gasteiger partial charge in [0.05, 0.1) is 0 Å². The molecule has 1 aliphatic heterocycles. The molecular formula is C16H19NO9. The number of rotatable bonds is 5. The Hall–Kier alpha value is -2.88. The molecule has 26 heavy (non-hydrogen) atoms. The van der Waals surface area contributed by atoms with Crippen LogP contribution in [0.25, 0.3) is 0 Å². The quantitative estimate of drug-likeness (QED) is 0.557. The molecule has 0 unspecified atom stereocenters. The highest BCUT2D eigenvalue weighted by atomic mass is 16.7. The van der Waals surface area contributed by atoms with E-state index < -0.39 is 48.0 Å². The monoisotopic (exact) mass is 369 g/mol. The lowest BCUT2D eigenvalue weighted by atomic mass is 10.1. The second-order valence-electron chi connectivity index (χ2n) is 5.65. The minimum absolute atomic E-state index is 0.249. The predicted octanol–water partition coefficient (Wildman–Crippen LogP) is -0.122. The summed E-state index contributed by atoms with van der Waals surface area (Å²) in [5.74, 6) is -2.17. The fourth-order valence-electron chi connectivity index (χ4n) is 2.61. The van der Waals surface area contributed by atoms with E-state index in [4.69, 9.17) is 18.9 Å². The normalized spacial score (nSPS) is 24.7. The van der Waals surface area contributed by atoms with Crippen molar-refractivity contribution in [3.8, 4) is 5.75 Å². The molecule has 1 fully saturated rings. The van der Waals surface area contributed by atoms with Crippen molar-refractivity contribution in [1.82, 2.24) is 4.57 Å². The molecule has 10 heteroatoms. The Bertz CT molecular complexity index is 756. The third-order valence-corrected chi connectivity index (χ3v) is 3.55. The van der Waals surface area contributed by atoms with Crippen molar-refractivity contribution in [2.75, 3.05) is 6.61 Å². The Kier molecular flexibility index (Phi) is 5.98. The summed E-state index contributed by atoms with van der Waals surface area (Å²) in [5.41, 5.74) is -0.623. The summed E-state index contributed by atoms with van der Waals surface area (Å²) >= 11 is 0. The molecule has 0 aromatic carbocycles. The van der Waals surface area contributed by atoms with Crippen LogP contribution in [0, 0.1) is 0 Å². The van der Waals surface area contributed by atoms with Gasteiger partial charge in [-0.25, -0.2) is 0 Å². The fraction of sp³-hybridized carbons (Fsp3) is 0.500. The van der Waals surface area contributed by atoms with E-state index in [9.17, 15) is 24.3 Å². The third kappa shape index (κ3) is 4.60. The van der Waals surface area contributed by atoms with Gasteiger partial charge >= 0.3 is 17.9 Å². The largest absolute Gasteiger partial charge is 0.508 e. The maximum atomic E-state index is 12.1. The number of aromatic hydroxyl groups is 1. The second-order valence-corrected chi connectivity index (χ2v) is 5.65. The minimum Gasteiger partial charge on any atom is -0.508 e. The maximum absolute atomic E-state index is 12.1. The molecule has 10 nitrogen and oxygen atoms in total. The van der Waals surface area contributed by atoms with E-state index in [-0.39, 0.29) is 12.4 Å². The molecule has 1 aliphatic rings. The minimum atomic E-state index is -1.15. The molecule has 0 spiro atoms. The van der Waals surface area contributed by atoms with Gasteiger partial charge in [-0.15, -0.1) is 0 Å². The molecule has 1 N–H and O–H groups in total. The van der Waals surface area contributed by atoms with E-state index in [2.05, 4.69) is 0 Å². The van der Waals surface area contributed by atoms with Gasteiger partial charge in [0.1, 0.15) is 18.5 Å². The molecule has 1 saturated heterocycles. The van der Waals surface area contributed by atoms with Crippen LogP contribution in [0.15, 0.2) is 23.1 Å². The van der Waals surface area contributed by atoms with Crippen molar-refractivity contribution in [3.63, 3.8) is 0 Å². The number of hydrogen-bond acceptors (Lipinski definition) is 9. The number of esters is 3. The van der Waals surface area contributed by atoms with Crippen LogP contribution in [0.4, 0.5) is 0 Å². The van der Waals surface area contributed by atoms with E-state index in [1.165, 1.54) is 19.2 Å². The number of nitrogens with zero attached hydrogens (tertiary/aromatic N) is 1. The van der Waals surface area contributed by atoms with Crippen LogP contribution in [-0.4, -0.2) is 52.5 Å². The number of carbonyl (C=O) groups excluding carboxylic acids is 3. The Morgan fingerprint density at radius 2 is 1.73 bits per heavy atom. The van der Waals surface area contributed by atoms with Crippen LogP contribution in [0.5, 0.6) is 5.75 Å². The Morgan fingerprint density at radius 1 is 1.12 bits per heavy atom. The molecule has 0 radical (unpaired) electrons. The van der Waals surface area contributed by atoms with Crippen LogP contribution < -0.4 is 5.56 Å². The lowest BCUT2D eigenvalue weighted by molar-refractivity contribution is -0.166. The van der Waals surface area contributed by atoms with Gasteiger partial charge in [0.25, 0.3) is 5.56 Å². The molecule has 2 heterocycles. The van der Waals surface area contributed by atoms with E-state index >= 15 is 0 Å². The van der Waals surface area contributed by atoms with Crippen molar-refractivity contribution < 1.29 is 38.4 Å². The first-order valence-electron chi connectivity index (χ1n) is 7.73. The number of pyridine rings is 1. The standard InChI is InChI=1S/C16H19NO9/c1-8(18)23-7-12-14(24-9(2)19)15(25-10(3)20)16(26-12)17-5-4-11(21)6-13(17)22/h4-6,12,14-16,21H,7H2,1-3H3/t12-,14-,15-,16+/m0/s1. The number of ether oxygens (including phenoxy) is 4. The number of hydrogen-bond donors (Lipinski definition) is 1. The molecule has 2 rings (SSSR count). The summed E-state index contributed by atoms with van der Waals surface area (Å²) in [6.45, 7) is 3.24. The molecule has 0 amide bonds. The summed E-state index contributed by atoms with van der Waals surface area (Å²) in [6, 6.07) is 2.20. The lowest BCUT2D eigenvalue weighted by Gasteiger charge is -2.24. The first kappa shape index (κ1) is 19.4. The van der Waals surface area contributed by atoms with Crippen molar-refractivity contribution >= 4 is 17.9 Å². The zero-order valence-electron chi connectivity index (χ0n) is 14.4. The average molecular weight is 369 g/mol. The van der Waals surface area contributed by atoms with Crippen LogP contribution in [0.2, 0.25) is 0 Å². The zero-order chi connectivity index (χ0) is 19.4. The predicted molar refractivity (Wildman–Crippen MR) is 84.0 cm³/mol. The summed E-state index contributed by atoms with van der Waals surface area (Å²) in [7, 11) is 0. The van der Waals surface area contributed by atoms with Crippen LogP contribution in [0.3, 0.4) is 0 Å². The molecule has 0 saturated carbocycles. The van der Waals surface area contributed by atoms with Crippen molar-refractivity contribution in [2.24, 2.45) is 0 Å². The van der Waals surface area contributed by atoms with Crippen molar-refractivity contribution in [3.05, 3.63) is 28.7 Å². The smallest absolute Gasteiger partial charge is 0.303 e. The Labute approximate surface area is 148 Å². The van der Waals surface area contributed by atoms with E-state index in [0.717, 1.165) is 24.5 Å². The van der Waals surface area contributed by atoms with Gasteiger partial charge in [0.15, 0.2) is 18.4 Å². The zero-order valence-corrected chi connectivity index (χ0v) is 14.4. The molecule has 0 aliphatic carbocycles. The molecule has 0 bridgehead atoms. The van der Waals surface area contributed by atoms with Gasteiger partial charge in [0.2, 0.25) is 0 Å². The van der Waals surface area contributed by atoms with Crippen LogP contribution in [-0.2, 0) is 33.3 Å². The van der Waals surface area contributed by atoms with Crippen LogP contribution >= 0.6 is 0 Å². The van der Waals surface area contributed by atoms with Gasteiger partial charge in [-0.2, -0.15) is 0 Å². The third-order valence-electron chi connectivity index (χ3n) is 3.55. The van der Waals surface area contributed by atoms with E-state index in [1.807, 2.05) is 0 Å². The Morgan fingerprint density at radius 3 is 2.27 bits per heavy atom. The van der Waals surface area contributed by atoms with Gasteiger partial charge in [-0.3, -0.25) is 23.7 Å². The van der Waals surface area contributed by atoms with Gasteiger partial charge in [-0.05, 0) is 6.07 Å². The number of carbonyl (C=O) groups is 3. The average Bonchev–Trinajstić information content (AvgIpc) is 2.82. The van der Waals surface area contributed by atoms with E-state index in [0.29, 0.717) is 0 Å². The number of aromatic nitrogens is 1. The van der Waals surface area contributed by atoms with Gasteiger partial charge in [0, 0.05) is 33.0 Å². The van der Waals surface area contributed by atoms with Crippen molar-refractivity contribution in [1.29, 1.82) is 0 Å². The highest BCUT2D eigenvalue weighted by Crippen LogP contribution is 2.33. The van der Waals surface area contributed by atoms with Gasteiger partial charge in [-0.1, -0.05) is 0 Å². The maximum Gasteiger partial charge on any atom is 0.303 e. The fourth-order valence-corrected chi connectivity index (χ4v) is 2.61. The molecule has 1 aromatic rings. The summed E-state index contributed by atoms with van der Waals surface area (Å²) in [6.07, 6.45) is -3.10. The topological polar surface area (TPSA) is 130 Å². The highest BCUT2D eigenvalue weighted by Gasteiger charge is 2.50. The summed E-state index contributed by atoms with van der Waals surface area (Å²) in [5, 5.41) is 9.39. The molecule has 1 aromatic heterocycles. The second kappa shape index (κ2) is 8.00. The summed E-state index contributed by atoms with van der Waals surface area (Å²) < 4.78 is 22.1.